The van der Waals surface area contributed by atoms with Crippen LogP contribution in [0, 0.1) is 34.5 Å². The summed E-state index contributed by atoms with van der Waals surface area (Å²) in [5, 5.41) is 66.8. The molecular formula is C42H58O12. The van der Waals surface area contributed by atoms with Gasteiger partial charge in [0.2, 0.25) is 0 Å². The summed E-state index contributed by atoms with van der Waals surface area (Å²) in [6, 6.07) is 6.87. The van der Waals surface area contributed by atoms with Crippen molar-refractivity contribution in [2.24, 2.45) is 34.5 Å². The van der Waals surface area contributed by atoms with Gasteiger partial charge in [-0.3, -0.25) is 0 Å². The Morgan fingerprint density at radius 2 is 1.56 bits per heavy atom. The van der Waals surface area contributed by atoms with E-state index in [1.54, 1.807) is 37.3 Å². The van der Waals surface area contributed by atoms with Crippen molar-refractivity contribution in [1.29, 1.82) is 0 Å². The summed E-state index contributed by atoms with van der Waals surface area (Å²) in [5.41, 5.74) is -0.921. The fourth-order valence-corrected chi connectivity index (χ4v) is 12.1. The van der Waals surface area contributed by atoms with Gasteiger partial charge in [-0.15, -0.1) is 0 Å². The number of benzene rings is 1. The van der Waals surface area contributed by atoms with Crippen molar-refractivity contribution in [1.82, 2.24) is 0 Å². The summed E-state index contributed by atoms with van der Waals surface area (Å²) in [4.78, 5) is 12.7. The van der Waals surface area contributed by atoms with Gasteiger partial charge in [-0.05, 0) is 106 Å². The fraction of sp³-hybridized carbons (Fsp3) is 0.738. The molecule has 1 aromatic rings. The summed E-state index contributed by atoms with van der Waals surface area (Å²) in [5.74, 6) is 0.103. The van der Waals surface area contributed by atoms with Crippen molar-refractivity contribution in [3.8, 4) is 5.75 Å². The zero-order valence-electron chi connectivity index (χ0n) is 31.8. The third-order valence-electron chi connectivity index (χ3n) is 15.2. The first-order valence-electron chi connectivity index (χ1n) is 20.1. The average molecular weight is 755 g/mol. The van der Waals surface area contributed by atoms with Crippen LogP contribution in [-0.4, -0.2) is 104 Å². The van der Waals surface area contributed by atoms with Gasteiger partial charge in [-0.2, -0.15) is 0 Å². The lowest BCUT2D eigenvalue weighted by Crippen LogP contribution is -2.67. The highest BCUT2D eigenvalue weighted by atomic mass is 16.7. The van der Waals surface area contributed by atoms with Crippen LogP contribution in [0.5, 0.6) is 5.75 Å². The average Bonchev–Trinajstić information content (AvgIpc) is 3.62. The molecule has 6 N–H and O–H groups in total. The van der Waals surface area contributed by atoms with Gasteiger partial charge < -0.3 is 54.3 Å². The molecule has 0 radical (unpaired) electrons. The first-order valence-corrected chi connectivity index (χ1v) is 20.1. The fourth-order valence-electron chi connectivity index (χ4n) is 12.1. The number of esters is 1. The number of hydrogen-bond donors (Lipinski definition) is 6. The number of carbonyl (C=O) groups excluding carboxylic acids is 1. The van der Waals surface area contributed by atoms with Gasteiger partial charge in [0, 0.05) is 35.5 Å². The monoisotopic (exact) mass is 754 g/mol. The Kier molecular flexibility index (Phi) is 10.1. The number of para-hydroxylation sites is 1. The van der Waals surface area contributed by atoms with E-state index in [9.17, 15) is 35.4 Å². The molecule has 0 spiro atoms. The Labute approximate surface area is 317 Å². The minimum atomic E-state index is -1.13. The molecule has 4 aliphatic carbocycles. The van der Waals surface area contributed by atoms with E-state index in [0.29, 0.717) is 42.1 Å². The van der Waals surface area contributed by atoms with E-state index in [4.69, 9.17) is 23.7 Å². The van der Waals surface area contributed by atoms with Crippen LogP contribution in [0.3, 0.4) is 0 Å². The van der Waals surface area contributed by atoms with E-state index in [-0.39, 0.29) is 47.9 Å². The number of carbonyl (C=O) groups is 1. The van der Waals surface area contributed by atoms with Gasteiger partial charge in [0.15, 0.2) is 12.6 Å². The number of fused-ring (bicyclic) bond motifs is 5. The Morgan fingerprint density at radius 3 is 2.30 bits per heavy atom. The molecule has 0 bridgehead atoms. The minimum Gasteiger partial charge on any atom is -0.507 e. The molecule has 12 nitrogen and oxygen atoms in total. The molecule has 4 unspecified atom stereocenters. The van der Waals surface area contributed by atoms with Crippen molar-refractivity contribution in [3.63, 3.8) is 0 Å². The van der Waals surface area contributed by atoms with E-state index in [0.717, 1.165) is 32.1 Å². The predicted octanol–water partition coefficient (Wildman–Crippen LogP) is 4.08. The topological polar surface area (TPSA) is 185 Å². The molecule has 54 heavy (non-hydrogen) atoms. The molecular weight excluding hydrogens is 696 g/mol. The smallest absolute Gasteiger partial charge is 0.336 e. The van der Waals surface area contributed by atoms with Crippen molar-refractivity contribution in [2.45, 2.75) is 159 Å². The van der Waals surface area contributed by atoms with Crippen LogP contribution in [0.25, 0.3) is 6.08 Å². The first-order chi connectivity index (χ1) is 25.6. The Morgan fingerprint density at radius 1 is 0.833 bits per heavy atom. The van der Waals surface area contributed by atoms with Crippen LogP contribution in [0.4, 0.5) is 0 Å². The lowest BCUT2D eigenvalue weighted by Gasteiger charge is -2.65. The van der Waals surface area contributed by atoms with Crippen LogP contribution < -0.4 is 0 Å². The summed E-state index contributed by atoms with van der Waals surface area (Å²) in [7, 11) is 0. The predicted molar refractivity (Wildman–Crippen MR) is 194 cm³/mol. The number of phenolic OH excluding ortho intramolecular Hbond substituents is 1. The summed E-state index contributed by atoms with van der Waals surface area (Å²) in [6.07, 6.45) is 2.71. The number of allylic oxidation sites excluding steroid dienone is 1. The zero-order valence-corrected chi connectivity index (χ0v) is 31.8. The van der Waals surface area contributed by atoms with Gasteiger partial charge in [0.1, 0.15) is 23.7 Å². The number of cyclic esters (lactones) is 1. The van der Waals surface area contributed by atoms with Gasteiger partial charge in [-0.1, -0.05) is 32.0 Å². The van der Waals surface area contributed by atoms with Crippen molar-refractivity contribution in [3.05, 3.63) is 47.2 Å². The van der Waals surface area contributed by atoms with Crippen LogP contribution in [-0.2, 0) is 28.5 Å². The van der Waals surface area contributed by atoms with E-state index >= 15 is 0 Å². The molecule has 7 aliphatic rings. The normalized spacial score (nSPS) is 49.8. The highest BCUT2D eigenvalue weighted by Crippen LogP contribution is 2.70. The molecule has 6 fully saturated rings. The van der Waals surface area contributed by atoms with Gasteiger partial charge >= 0.3 is 5.97 Å². The number of phenols is 1. The van der Waals surface area contributed by atoms with Crippen molar-refractivity contribution in [2.75, 3.05) is 0 Å². The zero-order chi connectivity index (χ0) is 38.3. The molecule has 4 saturated carbocycles. The maximum Gasteiger partial charge on any atom is 0.336 e. The van der Waals surface area contributed by atoms with Crippen molar-refractivity contribution < 1.29 is 59.1 Å². The molecule has 298 valence electrons. The van der Waals surface area contributed by atoms with Gasteiger partial charge in [0.25, 0.3) is 0 Å². The van der Waals surface area contributed by atoms with E-state index < -0.39 is 72.3 Å². The lowest BCUT2D eigenvalue weighted by molar-refractivity contribution is -0.318. The van der Waals surface area contributed by atoms with E-state index in [1.165, 1.54) is 6.08 Å². The van der Waals surface area contributed by atoms with Gasteiger partial charge in [0.05, 0.1) is 42.2 Å². The third kappa shape index (κ3) is 6.28. The number of aromatic hydroxyl groups is 1. The van der Waals surface area contributed by atoms with Crippen molar-refractivity contribution >= 4 is 12.0 Å². The molecule has 3 heterocycles. The SMILES string of the molecule is CC1O[C@@H](OC2C(C)O[C@@H](O[C@H]3CC[C@@]4(C)[C@H](CC[C@@H]5[C@@H]4C[C@@H](O)[C@]4(C)[C@@H](C6=CC(=O)O/C6=C\c6ccccc6O)CC[C@]54O)C3)C[C@H]2O)C[C@@H](O)C1O. The number of hydrogen-bond acceptors (Lipinski definition) is 12. The maximum absolute atomic E-state index is 12.9. The standard InChI is InChI=1S/C42H58O12/c1-21-38(48)31(44)19-37(50-21)54-39-22(2)51-36(20-32(39)45)52-25-11-13-40(3)24(16-25)9-10-28-29(40)18-34(46)41(4)27(12-14-42(28,41)49)26-17-35(47)53-33(26)15-23-7-5-6-8-30(23)43/h5-8,15,17,21-22,24-25,27-29,31-32,34,36-39,43-46,48-49H,9-14,16,18-20H2,1-4H3/b33-15-/t21?,22?,24-,25+,27-,28-,29+,31-,32-,34-,36+,37+,38?,39?,40+,41+,42+/m1/s1. The molecule has 17 atom stereocenters. The molecule has 0 aromatic heterocycles. The largest absolute Gasteiger partial charge is 0.507 e. The molecule has 12 heteroatoms. The maximum atomic E-state index is 12.9. The molecule has 8 rings (SSSR count). The third-order valence-corrected chi connectivity index (χ3v) is 15.2. The molecule has 3 aliphatic heterocycles. The van der Waals surface area contributed by atoms with Crippen LogP contribution >= 0.6 is 0 Å². The summed E-state index contributed by atoms with van der Waals surface area (Å²) < 4.78 is 30.2. The summed E-state index contributed by atoms with van der Waals surface area (Å²) in [6.45, 7) is 7.84. The second-order valence-electron chi connectivity index (χ2n) is 17.9. The molecule has 1 aromatic carbocycles. The van der Waals surface area contributed by atoms with E-state index in [1.807, 2.05) is 13.8 Å². The lowest BCUT2D eigenvalue weighted by atomic mass is 9.42. The number of ether oxygens (including phenoxy) is 5. The number of rotatable bonds is 6. The second-order valence-corrected chi connectivity index (χ2v) is 17.9. The van der Waals surface area contributed by atoms with Crippen LogP contribution in [0.2, 0.25) is 0 Å². The Bertz CT molecular complexity index is 1620. The summed E-state index contributed by atoms with van der Waals surface area (Å²) >= 11 is 0. The van der Waals surface area contributed by atoms with E-state index in [2.05, 4.69) is 6.92 Å². The van der Waals surface area contributed by atoms with Gasteiger partial charge in [-0.25, -0.2) is 4.79 Å². The molecule has 0 amide bonds. The Balaban J connectivity index is 0.925. The molecule has 2 saturated heterocycles. The minimum absolute atomic E-state index is 0.00560. The number of aliphatic hydroxyl groups is 5. The number of aliphatic hydroxyl groups excluding tert-OH is 4. The second kappa shape index (κ2) is 14.2. The van der Waals surface area contributed by atoms with Crippen LogP contribution in [0.1, 0.15) is 97.5 Å². The quantitative estimate of drug-likeness (QED) is 0.181. The Hall–Kier alpha value is -2.39. The van der Waals surface area contributed by atoms with Crippen LogP contribution in [0.15, 0.2) is 41.7 Å². The first kappa shape index (κ1) is 38.5. The highest BCUT2D eigenvalue weighted by Gasteiger charge is 2.71. The highest BCUT2D eigenvalue weighted by molar-refractivity contribution is 5.90.